The van der Waals surface area contributed by atoms with E-state index in [-0.39, 0.29) is 35.9 Å². The first-order valence-electron chi connectivity index (χ1n) is 10.2. The number of likely N-dealkylation sites (tertiary alicyclic amines) is 1. The molecular formula is C20H38N2O5Si. The predicted molar refractivity (Wildman–Crippen MR) is 110 cm³/mol. The molecule has 7 nitrogen and oxygen atoms in total. The lowest BCUT2D eigenvalue weighted by Crippen LogP contribution is -2.50. The first kappa shape index (κ1) is 23.2. The van der Waals surface area contributed by atoms with E-state index in [0.717, 1.165) is 0 Å². The lowest BCUT2D eigenvalue weighted by atomic mass is 9.93. The molecule has 0 unspecified atom stereocenters. The van der Waals surface area contributed by atoms with E-state index in [2.05, 4.69) is 39.2 Å². The standard InChI is InChI=1S/C20H38N2O5Si/c1-18(2,3)26-17(24)22-13-15(27-28(7,8)19(4,5)6)12-20(22,25)11-14-9-10-21-16(14)23/h14-15,25H,9-13H2,1-8H3,(H,21,23)/t14-,15+,20-/m0/s1. The predicted octanol–water partition coefficient (Wildman–Crippen LogP) is 3.23. The van der Waals surface area contributed by atoms with Gasteiger partial charge in [0.25, 0.3) is 0 Å². The van der Waals surface area contributed by atoms with E-state index in [1.807, 2.05) is 0 Å². The third kappa shape index (κ3) is 5.27. The average molecular weight is 415 g/mol. The van der Waals surface area contributed by atoms with E-state index in [1.165, 1.54) is 4.90 Å². The highest BCUT2D eigenvalue weighted by atomic mass is 28.4. The van der Waals surface area contributed by atoms with Gasteiger partial charge in [0, 0.05) is 25.3 Å². The molecule has 162 valence electrons. The SMILES string of the molecule is CC(C)(C)OC(=O)N1C[C@H](O[Si](C)(C)C(C)(C)C)C[C@@]1(O)C[C@@H]1CCNC1=O. The van der Waals surface area contributed by atoms with Gasteiger partial charge in [-0.05, 0) is 45.3 Å². The van der Waals surface area contributed by atoms with Gasteiger partial charge in [0.15, 0.2) is 8.32 Å². The van der Waals surface area contributed by atoms with Gasteiger partial charge in [0.05, 0.1) is 12.6 Å². The number of carbonyl (C=O) groups is 2. The van der Waals surface area contributed by atoms with Crippen LogP contribution in [0.4, 0.5) is 4.79 Å². The summed E-state index contributed by atoms with van der Waals surface area (Å²) in [7, 11) is -2.07. The van der Waals surface area contributed by atoms with Gasteiger partial charge in [-0.3, -0.25) is 9.69 Å². The largest absolute Gasteiger partial charge is 0.444 e. The summed E-state index contributed by atoms with van der Waals surface area (Å²) in [6.07, 6.45) is 0.326. The Morgan fingerprint density at radius 1 is 1.29 bits per heavy atom. The zero-order chi connectivity index (χ0) is 21.5. The average Bonchev–Trinajstić information content (AvgIpc) is 2.99. The fraction of sp³-hybridized carbons (Fsp3) is 0.900. The summed E-state index contributed by atoms with van der Waals surface area (Å²) in [5, 5.41) is 14.3. The van der Waals surface area contributed by atoms with E-state index < -0.39 is 25.7 Å². The van der Waals surface area contributed by atoms with Crippen LogP contribution in [0.5, 0.6) is 0 Å². The first-order valence-corrected chi connectivity index (χ1v) is 13.1. The summed E-state index contributed by atoms with van der Waals surface area (Å²) in [5.74, 6) is -0.368. The van der Waals surface area contributed by atoms with Gasteiger partial charge in [-0.1, -0.05) is 20.8 Å². The van der Waals surface area contributed by atoms with Crippen molar-refractivity contribution in [3.63, 3.8) is 0 Å². The molecule has 28 heavy (non-hydrogen) atoms. The zero-order valence-electron chi connectivity index (χ0n) is 18.7. The fourth-order valence-electron chi connectivity index (χ4n) is 3.57. The summed E-state index contributed by atoms with van der Waals surface area (Å²) in [5.41, 5.74) is -2.11. The number of hydrogen-bond acceptors (Lipinski definition) is 5. The zero-order valence-corrected chi connectivity index (χ0v) is 19.7. The molecule has 0 aromatic carbocycles. The molecule has 3 atom stereocenters. The molecule has 2 aliphatic rings. The highest BCUT2D eigenvalue weighted by molar-refractivity contribution is 6.74. The molecule has 0 aromatic rings. The maximum absolute atomic E-state index is 12.8. The Hall–Kier alpha value is -1.12. The molecule has 2 fully saturated rings. The molecule has 2 aliphatic heterocycles. The van der Waals surface area contributed by atoms with E-state index in [4.69, 9.17) is 9.16 Å². The summed E-state index contributed by atoms with van der Waals surface area (Å²) in [6, 6.07) is 0. The first-order chi connectivity index (χ1) is 12.5. The Balaban J connectivity index is 2.23. The monoisotopic (exact) mass is 414 g/mol. The van der Waals surface area contributed by atoms with E-state index in [9.17, 15) is 14.7 Å². The van der Waals surface area contributed by atoms with Crippen LogP contribution in [0.3, 0.4) is 0 Å². The number of nitrogens with zero attached hydrogens (tertiary/aromatic N) is 1. The molecule has 0 aromatic heterocycles. The highest BCUT2D eigenvalue weighted by Gasteiger charge is 2.52. The number of rotatable bonds is 4. The second-order valence-corrected chi connectivity index (χ2v) is 15.5. The van der Waals surface area contributed by atoms with Crippen LogP contribution in [0.15, 0.2) is 0 Å². The number of ether oxygens (including phenoxy) is 1. The van der Waals surface area contributed by atoms with Gasteiger partial charge >= 0.3 is 6.09 Å². The topological polar surface area (TPSA) is 88.1 Å². The Morgan fingerprint density at radius 2 is 1.89 bits per heavy atom. The molecule has 0 radical (unpaired) electrons. The van der Waals surface area contributed by atoms with Gasteiger partial charge in [-0.2, -0.15) is 0 Å². The van der Waals surface area contributed by atoms with Crippen molar-refractivity contribution in [2.75, 3.05) is 13.1 Å². The van der Waals surface area contributed by atoms with Gasteiger partial charge < -0.3 is 19.6 Å². The minimum atomic E-state index is -2.07. The summed E-state index contributed by atoms with van der Waals surface area (Å²) in [6.45, 7) is 17.1. The van der Waals surface area contributed by atoms with Crippen molar-refractivity contribution in [3.8, 4) is 0 Å². The molecule has 0 spiro atoms. The van der Waals surface area contributed by atoms with Crippen molar-refractivity contribution >= 4 is 20.3 Å². The summed E-state index contributed by atoms with van der Waals surface area (Å²) < 4.78 is 12.0. The number of carbonyl (C=O) groups excluding carboxylic acids is 2. The Bertz CT molecular complexity index is 611. The van der Waals surface area contributed by atoms with Gasteiger partial charge in [0.1, 0.15) is 11.3 Å². The minimum absolute atomic E-state index is 0.0236. The summed E-state index contributed by atoms with van der Waals surface area (Å²) in [4.78, 5) is 26.3. The van der Waals surface area contributed by atoms with Crippen LogP contribution in [-0.2, 0) is 14.0 Å². The maximum atomic E-state index is 12.8. The van der Waals surface area contributed by atoms with Crippen LogP contribution >= 0.6 is 0 Å². The number of hydrogen-bond donors (Lipinski definition) is 2. The van der Waals surface area contributed by atoms with Crippen LogP contribution in [0.1, 0.15) is 60.8 Å². The van der Waals surface area contributed by atoms with Crippen LogP contribution < -0.4 is 5.32 Å². The Labute approximate surface area is 170 Å². The number of nitrogens with one attached hydrogen (secondary N) is 1. The maximum Gasteiger partial charge on any atom is 0.412 e. The molecular weight excluding hydrogens is 376 g/mol. The van der Waals surface area contributed by atoms with E-state index in [0.29, 0.717) is 19.4 Å². The second-order valence-electron chi connectivity index (χ2n) is 10.8. The number of aliphatic hydroxyl groups is 1. The lowest BCUT2D eigenvalue weighted by Gasteiger charge is -2.38. The molecule has 2 saturated heterocycles. The van der Waals surface area contributed by atoms with Crippen molar-refractivity contribution in [2.24, 2.45) is 5.92 Å². The molecule has 8 heteroatoms. The molecule has 0 saturated carbocycles. The van der Waals surface area contributed by atoms with Gasteiger partial charge in [-0.15, -0.1) is 0 Å². The van der Waals surface area contributed by atoms with Crippen molar-refractivity contribution in [3.05, 3.63) is 0 Å². The van der Waals surface area contributed by atoms with Crippen LogP contribution in [0.25, 0.3) is 0 Å². The van der Waals surface area contributed by atoms with Gasteiger partial charge in [-0.25, -0.2) is 4.79 Å². The van der Waals surface area contributed by atoms with E-state index >= 15 is 0 Å². The Kier molecular flexibility index (Phi) is 6.29. The quantitative estimate of drug-likeness (QED) is 0.690. The van der Waals surface area contributed by atoms with Crippen molar-refractivity contribution in [2.45, 2.75) is 96.4 Å². The lowest BCUT2D eigenvalue weighted by molar-refractivity contribution is -0.130. The van der Waals surface area contributed by atoms with Crippen LogP contribution in [0.2, 0.25) is 18.1 Å². The van der Waals surface area contributed by atoms with Crippen LogP contribution in [0, 0.1) is 5.92 Å². The summed E-state index contributed by atoms with van der Waals surface area (Å²) >= 11 is 0. The molecule has 2 rings (SSSR count). The molecule has 2 heterocycles. The Morgan fingerprint density at radius 3 is 2.36 bits per heavy atom. The fourth-order valence-corrected chi connectivity index (χ4v) is 4.92. The molecule has 0 bridgehead atoms. The second kappa shape index (κ2) is 7.61. The van der Waals surface area contributed by atoms with Crippen molar-refractivity contribution in [1.82, 2.24) is 10.2 Å². The highest BCUT2D eigenvalue weighted by Crippen LogP contribution is 2.42. The van der Waals surface area contributed by atoms with Crippen LogP contribution in [-0.4, -0.2) is 60.8 Å². The molecule has 2 N–H and O–H groups in total. The van der Waals surface area contributed by atoms with Crippen molar-refractivity contribution < 1.29 is 23.9 Å². The third-order valence-corrected chi connectivity index (χ3v) is 10.6. The molecule has 2 amide bonds. The van der Waals surface area contributed by atoms with Gasteiger partial charge in [0.2, 0.25) is 5.91 Å². The minimum Gasteiger partial charge on any atom is -0.444 e. The van der Waals surface area contributed by atoms with E-state index in [1.54, 1.807) is 20.8 Å². The number of amides is 2. The van der Waals surface area contributed by atoms with Crippen molar-refractivity contribution in [1.29, 1.82) is 0 Å². The normalized spacial score (nSPS) is 29.2. The third-order valence-electron chi connectivity index (χ3n) is 6.06. The molecule has 0 aliphatic carbocycles. The smallest absolute Gasteiger partial charge is 0.412 e.